The van der Waals surface area contributed by atoms with E-state index in [9.17, 15) is 19.7 Å². The topological polar surface area (TPSA) is 80.5 Å². The quantitative estimate of drug-likeness (QED) is 0.382. The number of rotatable bonds is 2. The van der Waals surface area contributed by atoms with E-state index in [0.29, 0.717) is 16.5 Å². The van der Waals surface area contributed by atoms with Gasteiger partial charge in [0.15, 0.2) is 0 Å². The van der Waals surface area contributed by atoms with Gasteiger partial charge in [0, 0.05) is 16.7 Å². The Hall–Kier alpha value is -2.41. The summed E-state index contributed by atoms with van der Waals surface area (Å²) in [6.07, 6.45) is 1.78. The molecule has 5 unspecified atom stereocenters. The minimum atomic E-state index is -0.444. The minimum Gasteiger partial charge on any atom is -0.274 e. The molecule has 5 rings (SSSR count). The number of carbonyl (C=O) groups is 2. The van der Waals surface area contributed by atoms with E-state index in [0.717, 1.165) is 12.8 Å². The fourth-order valence-electron chi connectivity index (χ4n) is 5.28. The van der Waals surface area contributed by atoms with Gasteiger partial charge in [-0.25, -0.2) is 4.90 Å². The zero-order valence-electron chi connectivity index (χ0n) is 13.7. The summed E-state index contributed by atoms with van der Waals surface area (Å²) in [5.74, 6) is -0.517. The van der Waals surface area contributed by atoms with Crippen LogP contribution in [0.4, 0.5) is 11.4 Å². The van der Waals surface area contributed by atoms with E-state index >= 15 is 0 Å². The van der Waals surface area contributed by atoms with Gasteiger partial charge >= 0.3 is 0 Å². The second-order valence-corrected chi connectivity index (χ2v) is 8.10. The van der Waals surface area contributed by atoms with E-state index in [1.807, 2.05) is 0 Å². The lowest BCUT2D eigenvalue weighted by Crippen LogP contribution is -2.33. The molecule has 6 nitrogen and oxygen atoms in total. The molecule has 3 fully saturated rings. The van der Waals surface area contributed by atoms with Crippen LogP contribution in [-0.2, 0) is 9.59 Å². The summed E-state index contributed by atoms with van der Waals surface area (Å²) in [6.45, 7) is 0. The Morgan fingerprint density at radius 2 is 1.69 bits per heavy atom. The zero-order valence-corrected chi connectivity index (χ0v) is 14.6. The highest BCUT2D eigenvalue weighted by molar-refractivity contribution is 7.81. The van der Waals surface area contributed by atoms with E-state index in [2.05, 4.69) is 12.6 Å². The van der Waals surface area contributed by atoms with Crippen molar-refractivity contribution in [1.82, 2.24) is 0 Å². The normalized spacial score (nSPS) is 32.5. The van der Waals surface area contributed by atoms with E-state index < -0.39 is 4.92 Å². The maximum atomic E-state index is 13.1. The first kappa shape index (κ1) is 15.8. The maximum Gasteiger partial charge on any atom is 0.277 e. The molecule has 3 aliphatic rings. The van der Waals surface area contributed by atoms with Gasteiger partial charge in [-0.05, 0) is 36.8 Å². The Morgan fingerprint density at radius 3 is 2.42 bits per heavy atom. The summed E-state index contributed by atoms with van der Waals surface area (Å²) in [5, 5.41) is 12.5. The molecular formula is C19H16N2O4S. The largest absolute Gasteiger partial charge is 0.277 e. The second-order valence-electron chi connectivity index (χ2n) is 7.43. The average Bonchev–Trinajstić information content (AvgIpc) is 3.25. The predicted octanol–water partition coefficient (Wildman–Crippen LogP) is 3.19. The molecule has 2 bridgehead atoms. The fraction of sp³-hybridized carbons (Fsp3) is 0.368. The van der Waals surface area contributed by atoms with Crippen molar-refractivity contribution < 1.29 is 14.5 Å². The summed E-state index contributed by atoms with van der Waals surface area (Å²) >= 11 is 4.60. The number of anilines is 1. The predicted molar refractivity (Wildman–Crippen MR) is 99.1 cm³/mol. The molecule has 0 radical (unpaired) electrons. The molecule has 2 amide bonds. The van der Waals surface area contributed by atoms with Gasteiger partial charge in [0.05, 0.1) is 27.8 Å². The van der Waals surface area contributed by atoms with E-state index in [1.165, 1.54) is 17.0 Å². The molecule has 1 saturated heterocycles. The van der Waals surface area contributed by atoms with Crippen LogP contribution in [0.15, 0.2) is 36.4 Å². The Kier molecular flexibility index (Phi) is 3.22. The smallest absolute Gasteiger partial charge is 0.274 e. The Morgan fingerprint density at radius 1 is 1.00 bits per heavy atom. The van der Waals surface area contributed by atoms with Crippen LogP contribution in [0.25, 0.3) is 10.8 Å². The fourth-order valence-corrected chi connectivity index (χ4v) is 5.86. The van der Waals surface area contributed by atoms with Crippen molar-refractivity contribution in [2.24, 2.45) is 23.7 Å². The van der Waals surface area contributed by atoms with Gasteiger partial charge in [-0.15, -0.1) is 0 Å². The number of hydrogen-bond acceptors (Lipinski definition) is 5. The molecule has 26 heavy (non-hydrogen) atoms. The van der Waals surface area contributed by atoms with Crippen LogP contribution in [0.1, 0.15) is 12.8 Å². The van der Waals surface area contributed by atoms with Gasteiger partial charge in [0.2, 0.25) is 11.8 Å². The molecule has 7 heteroatoms. The van der Waals surface area contributed by atoms with Crippen molar-refractivity contribution in [2.45, 2.75) is 18.1 Å². The van der Waals surface area contributed by atoms with Gasteiger partial charge in [-0.3, -0.25) is 19.7 Å². The maximum absolute atomic E-state index is 13.1. The van der Waals surface area contributed by atoms with Crippen molar-refractivity contribution in [3.05, 3.63) is 46.5 Å². The van der Waals surface area contributed by atoms with Crippen molar-refractivity contribution in [1.29, 1.82) is 0 Å². The summed E-state index contributed by atoms with van der Waals surface area (Å²) < 4.78 is 0. The van der Waals surface area contributed by atoms with Crippen LogP contribution in [0.5, 0.6) is 0 Å². The SMILES string of the molecule is O=C1C2C3CC(S)C(C3)C2C(=O)N1c1ccc([N+](=O)[O-])c2ccccc12. The van der Waals surface area contributed by atoms with Crippen molar-refractivity contribution >= 4 is 46.6 Å². The number of nitrogens with zero attached hydrogens (tertiary/aromatic N) is 2. The molecule has 1 heterocycles. The molecule has 5 atom stereocenters. The van der Waals surface area contributed by atoms with Crippen molar-refractivity contribution in [2.75, 3.05) is 4.90 Å². The van der Waals surface area contributed by atoms with E-state index in [-0.39, 0.29) is 46.4 Å². The third-order valence-electron chi connectivity index (χ3n) is 6.30. The molecule has 132 valence electrons. The number of nitro benzene ring substituents is 1. The molecule has 0 spiro atoms. The van der Waals surface area contributed by atoms with E-state index in [4.69, 9.17) is 0 Å². The average molecular weight is 368 g/mol. The lowest BCUT2D eigenvalue weighted by molar-refractivity contribution is -0.383. The van der Waals surface area contributed by atoms with Crippen molar-refractivity contribution in [3.63, 3.8) is 0 Å². The monoisotopic (exact) mass is 368 g/mol. The summed E-state index contributed by atoms with van der Waals surface area (Å²) in [5.41, 5.74) is 0.421. The molecule has 2 aliphatic carbocycles. The summed E-state index contributed by atoms with van der Waals surface area (Å²) in [7, 11) is 0. The molecule has 0 aromatic heterocycles. The van der Waals surface area contributed by atoms with Gasteiger partial charge in [0.1, 0.15) is 0 Å². The number of amides is 2. The van der Waals surface area contributed by atoms with Crippen LogP contribution in [0.2, 0.25) is 0 Å². The lowest BCUT2D eigenvalue weighted by Gasteiger charge is -2.24. The highest BCUT2D eigenvalue weighted by Crippen LogP contribution is 2.58. The van der Waals surface area contributed by atoms with Gasteiger partial charge in [0.25, 0.3) is 5.69 Å². The van der Waals surface area contributed by atoms with Gasteiger partial charge in [-0.1, -0.05) is 18.2 Å². The van der Waals surface area contributed by atoms with Crippen LogP contribution < -0.4 is 4.90 Å². The van der Waals surface area contributed by atoms with Crippen LogP contribution in [0.3, 0.4) is 0 Å². The zero-order chi connectivity index (χ0) is 18.2. The summed E-state index contributed by atoms with van der Waals surface area (Å²) in [4.78, 5) is 38.4. The number of nitro groups is 1. The number of benzene rings is 2. The number of thiol groups is 1. The number of carbonyl (C=O) groups excluding carboxylic acids is 2. The number of non-ortho nitro benzene ring substituents is 1. The first-order valence-electron chi connectivity index (χ1n) is 8.71. The Labute approximate surface area is 154 Å². The Bertz CT molecular complexity index is 991. The van der Waals surface area contributed by atoms with Gasteiger partial charge in [-0.2, -0.15) is 12.6 Å². The molecule has 2 saturated carbocycles. The molecule has 2 aromatic carbocycles. The minimum absolute atomic E-state index is 0.0286. The first-order valence-corrected chi connectivity index (χ1v) is 9.22. The third-order valence-corrected chi connectivity index (χ3v) is 6.89. The third kappa shape index (κ3) is 1.89. The van der Waals surface area contributed by atoms with Crippen LogP contribution in [-0.4, -0.2) is 22.0 Å². The summed E-state index contributed by atoms with van der Waals surface area (Å²) in [6, 6.07) is 9.75. The molecule has 1 aliphatic heterocycles. The molecule has 2 aromatic rings. The van der Waals surface area contributed by atoms with Gasteiger partial charge < -0.3 is 0 Å². The van der Waals surface area contributed by atoms with Crippen LogP contribution in [0, 0.1) is 33.8 Å². The van der Waals surface area contributed by atoms with Crippen LogP contribution >= 0.6 is 12.6 Å². The number of fused-ring (bicyclic) bond motifs is 6. The standard InChI is InChI=1S/C19H16N2O4S/c22-18-16-9-7-12(15(26)8-9)17(16)19(23)20(18)13-5-6-14(21(24)25)11-4-2-1-3-10(11)13/h1-6,9,12,15-17,26H,7-8H2. The lowest BCUT2D eigenvalue weighted by atomic mass is 9.81. The highest BCUT2D eigenvalue weighted by Gasteiger charge is 2.63. The number of hydrogen-bond donors (Lipinski definition) is 1. The van der Waals surface area contributed by atoms with Crippen molar-refractivity contribution in [3.8, 4) is 0 Å². The van der Waals surface area contributed by atoms with E-state index in [1.54, 1.807) is 24.3 Å². The highest BCUT2D eigenvalue weighted by atomic mass is 32.1. The molecular weight excluding hydrogens is 352 g/mol. The Balaban J connectivity index is 1.66. The molecule has 0 N–H and O–H groups in total. The first-order chi connectivity index (χ1) is 12.5. The second kappa shape index (κ2) is 5.30. The number of imide groups is 1.